The minimum Gasteiger partial charge on any atom is -0.454 e. The van der Waals surface area contributed by atoms with Crippen LogP contribution in [-0.4, -0.2) is 4.98 Å². The maximum atomic E-state index is 6.58. The lowest BCUT2D eigenvalue weighted by molar-refractivity contribution is 0.667. The van der Waals surface area contributed by atoms with Gasteiger partial charge in [-0.15, -0.1) is 0 Å². The topological polar surface area (TPSA) is 29.3 Å². The minimum absolute atomic E-state index is 0.510. The van der Waals surface area contributed by atoms with Crippen molar-refractivity contribution in [3.63, 3.8) is 0 Å². The van der Waals surface area contributed by atoms with Crippen LogP contribution in [0.1, 0.15) is 22.3 Å². The molecule has 2 heterocycles. The largest absolute Gasteiger partial charge is 0.454 e. The Balaban J connectivity index is 1.15. The third kappa shape index (κ3) is 4.80. The summed E-state index contributed by atoms with van der Waals surface area (Å²) >= 11 is 0. The molecule has 0 fully saturated rings. The highest BCUT2D eigenvalue weighted by molar-refractivity contribution is 6.18. The molecule has 0 saturated heterocycles. The van der Waals surface area contributed by atoms with Gasteiger partial charge in [-0.25, -0.2) is 0 Å². The summed E-state index contributed by atoms with van der Waals surface area (Å²) in [4.78, 5) is 7.06. The molecule has 0 unspecified atom stereocenters. The lowest BCUT2D eigenvalue weighted by atomic mass is 9.67. The summed E-state index contributed by atoms with van der Waals surface area (Å²) in [6.45, 7) is 0. The zero-order valence-electron chi connectivity index (χ0n) is 29.9. The number of hydrogen-bond acceptors (Lipinski definition) is 3. The Labute approximate surface area is 319 Å². The molecule has 1 aliphatic carbocycles. The highest BCUT2D eigenvalue weighted by Crippen LogP contribution is 2.57. The van der Waals surface area contributed by atoms with Gasteiger partial charge in [-0.2, -0.15) is 0 Å². The number of pyridine rings is 1. The minimum atomic E-state index is -0.510. The van der Waals surface area contributed by atoms with E-state index in [1.54, 1.807) is 0 Å². The Morgan fingerprint density at radius 3 is 1.76 bits per heavy atom. The van der Waals surface area contributed by atoms with Crippen LogP contribution < -0.4 is 4.90 Å². The summed E-state index contributed by atoms with van der Waals surface area (Å²) in [5.41, 5.74) is 15.1. The zero-order valence-corrected chi connectivity index (χ0v) is 29.9. The van der Waals surface area contributed by atoms with Gasteiger partial charge >= 0.3 is 0 Å². The van der Waals surface area contributed by atoms with E-state index in [4.69, 9.17) is 9.40 Å². The van der Waals surface area contributed by atoms with Gasteiger partial charge in [-0.3, -0.25) is 4.98 Å². The number of hydrogen-bond donors (Lipinski definition) is 0. The number of anilines is 3. The second-order valence-electron chi connectivity index (χ2n) is 14.3. The molecule has 3 nitrogen and oxygen atoms in total. The van der Waals surface area contributed by atoms with Gasteiger partial charge in [0, 0.05) is 39.3 Å². The van der Waals surface area contributed by atoms with Crippen LogP contribution in [0.2, 0.25) is 0 Å². The predicted octanol–water partition coefficient (Wildman–Crippen LogP) is 13.6. The van der Waals surface area contributed by atoms with E-state index in [2.05, 4.69) is 199 Å². The number of furan rings is 1. The van der Waals surface area contributed by atoms with E-state index in [-0.39, 0.29) is 0 Å². The molecule has 8 aromatic carbocycles. The second-order valence-corrected chi connectivity index (χ2v) is 14.3. The fourth-order valence-corrected chi connectivity index (χ4v) is 8.99. The molecule has 0 saturated carbocycles. The van der Waals surface area contributed by atoms with Crippen LogP contribution in [0.25, 0.3) is 55.1 Å². The van der Waals surface area contributed by atoms with E-state index in [0.29, 0.717) is 0 Å². The van der Waals surface area contributed by atoms with Gasteiger partial charge in [0.25, 0.3) is 0 Å². The number of aromatic nitrogens is 1. The molecule has 2 aromatic heterocycles. The Bertz CT molecular complexity index is 2980. The van der Waals surface area contributed by atoms with Gasteiger partial charge in [-0.05, 0) is 87.0 Å². The van der Waals surface area contributed by atoms with Gasteiger partial charge < -0.3 is 9.32 Å². The van der Waals surface area contributed by atoms with Crippen LogP contribution in [0.15, 0.2) is 211 Å². The Hall–Kier alpha value is -7.23. The molecule has 0 spiro atoms. The van der Waals surface area contributed by atoms with E-state index in [0.717, 1.165) is 49.9 Å². The van der Waals surface area contributed by atoms with Crippen molar-refractivity contribution in [3.05, 3.63) is 229 Å². The molecule has 0 aliphatic heterocycles. The van der Waals surface area contributed by atoms with Crippen molar-refractivity contribution in [2.45, 2.75) is 5.41 Å². The van der Waals surface area contributed by atoms with Crippen LogP contribution >= 0.6 is 0 Å². The fourth-order valence-electron chi connectivity index (χ4n) is 8.99. The molecule has 258 valence electrons. The number of rotatable bonds is 6. The van der Waals surface area contributed by atoms with Crippen LogP contribution in [0.3, 0.4) is 0 Å². The monoisotopic (exact) mass is 702 g/mol. The highest BCUT2D eigenvalue weighted by atomic mass is 16.3. The predicted molar refractivity (Wildman–Crippen MR) is 226 cm³/mol. The molecule has 55 heavy (non-hydrogen) atoms. The van der Waals surface area contributed by atoms with Gasteiger partial charge in [0.05, 0.1) is 17.1 Å². The maximum Gasteiger partial charge on any atom is 0.154 e. The number of para-hydroxylation sites is 1. The molecule has 0 atom stereocenters. The summed E-state index contributed by atoms with van der Waals surface area (Å²) < 4.78 is 6.58. The maximum absolute atomic E-state index is 6.58. The van der Waals surface area contributed by atoms with Crippen molar-refractivity contribution >= 4 is 49.9 Å². The van der Waals surface area contributed by atoms with E-state index >= 15 is 0 Å². The Morgan fingerprint density at radius 1 is 0.418 bits per heavy atom. The first-order chi connectivity index (χ1) is 27.3. The summed E-state index contributed by atoms with van der Waals surface area (Å²) in [7, 11) is 0. The molecular formula is C52H34N2O. The van der Waals surface area contributed by atoms with Gasteiger partial charge in [-0.1, -0.05) is 152 Å². The quantitative estimate of drug-likeness (QED) is 0.173. The Morgan fingerprint density at radius 2 is 1.00 bits per heavy atom. The molecule has 0 amide bonds. The normalized spacial score (nSPS) is 12.9. The number of benzene rings is 8. The van der Waals surface area contributed by atoms with E-state index in [1.807, 2.05) is 12.3 Å². The second kappa shape index (κ2) is 12.4. The average Bonchev–Trinajstić information content (AvgIpc) is 3.78. The summed E-state index contributed by atoms with van der Waals surface area (Å²) in [5.74, 6) is 0. The van der Waals surface area contributed by atoms with Crippen molar-refractivity contribution in [3.8, 4) is 22.3 Å². The van der Waals surface area contributed by atoms with Crippen molar-refractivity contribution < 1.29 is 4.42 Å². The molecule has 10 aromatic rings. The molecule has 1 aliphatic rings. The number of nitrogens with zero attached hydrogens (tertiary/aromatic N) is 2. The SMILES string of the molecule is c1ccc(-c2ccc(N(c3ccc4c(c3)C(c3ccccc3)(c3ccccc3)c3ccccc3-4)c3ccc4c(c3)oc3cnc5ccccc5c34)cc2)cc1. The molecule has 0 bridgehead atoms. The highest BCUT2D eigenvalue weighted by Gasteiger charge is 2.46. The van der Waals surface area contributed by atoms with E-state index < -0.39 is 5.41 Å². The van der Waals surface area contributed by atoms with Crippen LogP contribution in [0.5, 0.6) is 0 Å². The first-order valence-corrected chi connectivity index (χ1v) is 18.8. The summed E-state index contributed by atoms with van der Waals surface area (Å²) in [6.07, 6.45) is 1.85. The molecule has 0 N–H and O–H groups in total. The van der Waals surface area contributed by atoms with Gasteiger partial charge in [0.1, 0.15) is 5.58 Å². The van der Waals surface area contributed by atoms with Crippen molar-refractivity contribution in [2.75, 3.05) is 4.90 Å². The van der Waals surface area contributed by atoms with Crippen molar-refractivity contribution in [2.24, 2.45) is 0 Å². The standard InChI is InChI=1S/C52H34N2O/c1-4-14-35(15-5-1)36-24-26-39(27-25-36)54(41-29-31-45-49(33-41)55-50-34-53-48-23-13-11-21-44(48)51(45)50)40-28-30-43-42-20-10-12-22-46(42)52(47(43)32-40,37-16-6-2-7-17-37)38-18-8-3-9-19-38/h1-34H. The third-order valence-electron chi connectivity index (χ3n) is 11.4. The lowest BCUT2D eigenvalue weighted by Gasteiger charge is -2.35. The third-order valence-corrected chi connectivity index (χ3v) is 11.4. The smallest absolute Gasteiger partial charge is 0.154 e. The van der Waals surface area contributed by atoms with E-state index in [9.17, 15) is 0 Å². The first-order valence-electron chi connectivity index (χ1n) is 18.8. The van der Waals surface area contributed by atoms with Crippen molar-refractivity contribution in [1.29, 1.82) is 0 Å². The van der Waals surface area contributed by atoms with Gasteiger partial charge in [0.15, 0.2) is 5.58 Å². The average molecular weight is 703 g/mol. The van der Waals surface area contributed by atoms with Crippen LogP contribution in [0, 0.1) is 0 Å². The molecule has 11 rings (SSSR count). The van der Waals surface area contributed by atoms with E-state index in [1.165, 1.54) is 44.5 Å². The number of fused-ring (bicyclic) bond motifs is 8. The van der Waals surface area contributed by atoms with Crippen molar-refractivity contribution in [1.82, 2.24) is 4.98 Å². The summed E-state index contributed by atoms with van der Waals surface area (Å²) in [5, 5.41) is 3.27. The lowest BCUT2D eigenvalue weighted by Crippen LogP contribution is -2.28. The Kier molecular flexibility index (Phi) is 7.08. The molecule has 3 heteroatoms. The van der Waals surface area contributed by atoms with Crippen LogP contribution in [-0.2, 0) is 5.41 Å². The molecule has 0 radical (unpaired) electrons. The van der Waals surface area contributed by atoms with Gasteiger partial charge in [0.2, 0.25) is 0 Å². The first kappa shape index (κ1) is 31.3. The zero-order chi connectivity index (χ0) is 36.3. The molecular weight excluding hydrogens is 669 g/mol. The summed E-state index contributed by atoms with van der Waals surface area (Å²) in [6, 6.07) is 72.2. The fraction of sp³-hybridized carbons (Fsp3) is 0.0192. The van der Waals surface area contributed by atoms with Crippen LogP contribution in [0.4, 0.5) is 17.1 Å².